The van der Waals surface area contributed by atoms with Crippen molar-refractivity contribution in [3.63, 3.8) is 0 Å². The van der Waals surface area contributed by atoms with Crippen LogP contribution in [0.25, 0.3) is 0 Å². The zero-order valence-corrected chi connectivity index (χ0v) is 10.5. The van der Waals surface area contributed by atoms with Crippen LogP contribution < -0.4 is 5.73 Å². The summed E-state index contributed by atoms with van der Waals surface area (Å²) in [4.78, 5) is 2.31. The number of hydrogen-bond acceptors (Lipinski definition) is 4. The van der Waals surface area contributed by atoms with Crippen LogP contribution in [0.3, 0.4) is 0 Å². The van der Waals surface area contributed by atoms with Crippen LogP contribution in [0.2, 0.25) is 0 Å². The number of ether oxygens (including phenoxy) is 1. The Morgan fingerprint density at radius 3 is 2.65 bits per heavy atom. The molecule has 1 fully saturated rings. The number of hydrogen-bond donors (Lipinski definition) is 1. The van der Waals surface area contributed by atoms with Gasteiger partial charge in [-0.2, -0.15) is 0 Å². The van der Waals surface area contributed by atoms with Gasteiger partial charge in [-0.25, -0.2) is 0 Å². The van der Waals surface area contributed by atoms with Gasteiger partial charge in [0.15, 0.2) is 0 Å². The molecule has 0 atom stereocenters. The first-order valence-electron chi connectivity index (χ1n) is 6.32. The number of nitrogens with two attached hydrogens (primary N) is 1. The summed E-state index contributed by atoms with van der Waals surface area (Å²) < 4.78 is 11.0. The minimum Gasteiger partial charge on any atom is -0.463 e. The highest BCUT2D eigenvalue weighted by molar-refractivity contribution is 5.06. The van der Waals surface area contributed by atoms with Crippen LogP contribution in [-0.4, -0.2) is 31.7 Å². The Kier molecular flexibility index (Phi) is 4.59. The van der Waals surface area contributed by atoms with Crippen LogP contribution in [0.5, 0.6) is 0 Å². The van der Waals surface area contributed by atoms with Crippen molar-refractivity contribution in [1.82, 2.24) is 4.90 Å². The van der Waals surface area contributed by atoms with Crippen LogP contribution in [-0.2, 0) is 17.8 Å². The lowest BCUT2D eigenvalue weighted by Gasteiger charge is -2.26. The predicted molar refractivity (Wildman–Crippen MR) is 66.5 cm³/mol. The van der Waals surface area contributed by atoms with Crippen molar-refractivity contribution in [2.75, 3.05) is 26.8 Å². The minimum absolute atomic E-state index is 0.476. The number of nitrogens with zero attached hydrogens (tertiary/aromatic N) is 1. The standard InChI is InChI=1S/C13H22N2O2/c1-15(9-11-4-6-16-7-5-11)10-13-3-2-12(8-14)17-13/h2-3,11H,4-10,14H2,1H3. The van der Waals surface area contributed by atoms with Gasteiger partial charge >= 0.3 is 0 Å². The van der Waals surface area contributed by atoms with E-state index in [4.69, 9.17) is 14.9 Å². The highest BCUT2D eigenvalue weighted by atomic mass is 16.5. The lowest BCUT2D eigenvalue weighted by atomic mass is 10.00. The van der Waals surface area contributed by atoms with Crippen molar-refractivity contribution < 1.29 is 9.15 Å². The second-order valence-electron chi connectivity index (χ2n) is 4.82. The van der Waals surface area contributed by atoms with Crippen molar-refractivity contribution in [1.29, 1.82) is 0 Å². The highest BCUT2D eigenvalue weighted by Crippen LogP contribution is 2.17. The van der Waals surface area contributed by atoms with Gasteiger partial charge in [-0.05, 0) is 37.9 Å². The van der Waals surface area contributed by atoms with Crippen molar-refractivity contribution in [3.05, 3.63) is 23.7 Å². The molecule has 0 spiro atoms. The molecule has 0 aromatic carbocycles. The van der Waals surface area contributed by atoms with Gasteiger partial charge in [0.2, 0.25) is 0 Å². The summed E-state index contributed by atoms with van der Waals surface area (Å²) in [6.07, 6.45) is 2.35. The molecule has 0 bridgehead atoms. The first-order valence-corrected chi connectivity index (χ1v) is 6.32. The minimum atomic E-state index is 0.476. The Labute approximate surface area is 103 Å². The van der Waals surface area contributed by atoms with Gasteiger partial charge in [0, 0.05) is 19.8 Å². The van der Waals surface area contributed by atoms with E-state index >= 15 is 0 Å². The molecule has 1 aromatic rings. The molecule has 0 unspecified atom stereocenters. The van der Waals surface area contributed by atoms with Gasteiger partial charge in [-0.1, -0.05) is 0 Å². The Balaban J connectivity index is 1.77. The summed E-state index contributed by atoms with van der Waals surface area (Å²) >= 11 is 0. The van der Waals surface area contributed by atoms with Gasteiger partial charge < -0.3 is 14.9 Å². The van der Waals surface area contributed by atoms with Crippen LogP contribution in [0.4, 0.5) is 0 Å². The van der Waals surface area contributed by atoms with E-state index in [2.05, 4.69) is 11.9 Å². The fourth-order valence-corrected chi connectivity index (χ4v) is 2.32. The molecule has 2 heterocycles. The first-order chi connectivity index (χ1) is 8.28. The summed E-state index contributed by atoms with van der Waals surface area (Å²) in [5.74, 6) is 2.62. The van der Waals surface area contributed by atoms with E-state index in [9.17, 15) is 0 Å². The van der Waals surface area contributed by atoms with E-state index in [-0.39, 0.29) is 0 Å². The SMILES string of the molecule is CN(Cc1ccc(CN)o1)CC1CCOCC1. The lowest BCUT2D eigenvalue weighted by molar-refractivity contribution is 0.0542. The monoisotopic (exact) mass is 238 g/mol. The Hall–Kier alpha value is -0.840. The average Bonchev–Trinajstić information content (AvgIpc) is 2.78. The highest BCUT2D eigenvalue weighted by Gasteiger charge is 2.16. The molecule has 1 aliphatic heterocycles. The van der Waals surface area contributed by atoms with E-state index in [0.717, 1.165) is 43.7 Å². The van der Waals surface area contributed by atoms with E-state index in [1.807, 2.05) is 12.1 Å². The predicted octanol–water partition coefficient (Wildman–Crippen LogP) is 1.60. The van der Waals surface area contributed by atoms with Crippen LogP contribution in [0.15, 0.2) is 16.5 Å². The third kappa shape index (κ3) is 3.84. The Morgan fingerprint density at radius 1 is 1.29 bits per heavy atom. The molecule has 4 heteroatoms. The quantitative estimate of drug-likeness (QED) is 0.846. The van der Waals surface area contributed by atoms with E-state index in [1.165, 1.54) is 12.8 Å². The van der Waals surface area contributed by atoms with Crippen LogP contribution in [0.1, 0.15) is 24.4 Å². The molecule has 2 N–H and O–H groups in total. The van der Waals surface area contributed by atoms with Crippen molar-refractivity contribution in [3.8, 4) is 0 Å². The molecule has 1 aliphatic rings. The zero-order valence-electron chi connectivity index (χ0n) is 10.5. The van der Waals surface area contributed by atoms with Gasteiger partial charge in [0.25, 0.3) is 0 Å². The number of rotatable bonds is 5. The van der Waals surface area contributed by atoms with E-state index in [1.54, 1.807) is 0 Å². The van der Waals surface area contributed by atoms with Gasteiger partial charge in [0.1, 0.15) is 11.5 Å². The van der Waals surface area contributed by atoms with Crippen LogP contribution >= 0.6 is 0 Å². The maximum atomic E-state index is 5.60. The topological polar surface area (TPSA) is 51.6 Å². The maximum absolute atomic E-state index is 5.60. The zero-order chi connectivity index (χ0) is 12.1. The molecule has 2 rings (SSSR count). The summed E-state index contributed by atoms with van der Waals surface area (Å²) in [7, 11) is 2.14. The second-order valence-corrected chi connectivity index (χ2v) is 4.82. The molecule has 1 saturated heterocycles. The summed E-state index contributed by atoms with van der Waals surface area (Å²) in [6.45, 7) is 4.27. The molecule has 0 aliphatic carbocycles. The van der Waals surface area contributed by atoms with Crippen molar-refractivity contribution >= 4 is 0 Å². The lowest BCUT2D eigenvalue weighted by Crippen LogP contribution is -2.29. The first kappa shape index (κ1) is 12.6. The van der Waals surface area contributed by atoms with E-state index < -0.39 is 0 Å². The average molecular weight is 238 g/mol. The third-order valence-corrected chi connectivity index (χ3v) is 3.25. The van der Waals surface area contributed by atoms with Gasteiger partial charge in [-0.15, -0.1) is 0 Å². The molecular weight excluding hydrogens is 216 g/mol. The van der Waals surface area contributed by atoms with Gasteiger partial charge in [-0.3, -0.25) is 4.90 Å². The Bertz CT molecular complexity index is 332. The fraction of sp³-hybridized carbons (Fsp3) is 0.692. The van der Waals surface area contributed by atoms with Crippen molar-refractivity contribution in [2.24, 2.45) is 11.7 Å². The molecule has 17 heavy (non-hydrogen) atoms. The molecule has 0 radical (unpaired) electrons. The molecular formula is C13H22N2O2. The fourth-order valence-electron chi connectivity index (χ4n) is 2.32. The van der Waals surface area contributed by atoms with Crippen molar-refractivity contribution in [2.45, 2.75) is 25.9 Å². The summed E-state index contributed by atoms with van der Waals surface area (Å²) in [5, 5.41) is 0. The van der Waals surface area contributed by atoms with E-state index in [0.29, 0.717) is 6.54 Å². The maximum Gasteiger partial charge on any atom is 0.118 e. The summed E-state index contributed by atoms with van der Waals surface area (Å²) in [5.41, 5.74) is 5.52. The molecule has 0 saturated carbocycles. The number of furan rings is 1. The molecule has 96 valence electrons. The second kappa shape index (κ2) is 6.19. The van der Waals surface area contributed by atoms with Gasteiger partial charge in [0.05, 0.1) is 13.1 Å². The normalized spacial score (nSPS) is 17.8. The largest absolute Gasteiger partial charge is 0.463 e. The Morgan fingerprint density at radius 2 is 2.00 bits per heavy atom. The molecule has 1 aromatic heterocycles. The molecule has 4 nitrogen and oxygen atoms in total. The summed E-state index contributed by atoms with van der Waals surface area (Å²) in [6, 6.07) is 3.97. The van der Waals surface area contributed by atoms with Crippen LogP contribution in [0, 0.1) is 5.92 Å². The molecule has 0 amide bonds. The smallest absolute Gasteiger partial charge is 0.118 e. The third-order valence-electron chi connectivity index (χ3n) is 3.25.